The number of nitriles is 2. The smallest absolute Gasteiger partial charge is 0.163 e. The maximum atomic E-state index is 13.7. The molecule has 6 heteroatoms. The molecule has 6 rings (SSSR count). The Labute approximate surface area is 196 Å². The predicted molar refractivity (Wildman–Crippen MR) is 120 cm³/mol. The minimum Gasteiger partial charge on any atom is -0.390 e. The molecule has 1 aromatic heterocycles. The van der Waals surface area contributed by atoms with Crippen LogP contribution in [0.3, 0.4) is 0 Å². The van der Waals surface area contributed by atoms with Crippen LogP contribution in [0.2, 0.25) is 0 Å². The second kappa shape index (κ2) is 7.16. The number of carbonyl (C=O) groups excluding carboxylic acids is 1. The fourth-order valence-electron chi connectivity index (χ4n) is 9.58. The summed E-state index contributed by atoms with van der Waals surface area (Å²) in [5.74, 6) is 5.00. The number of nitrogens with zero attached hydrogens (tertiary/aromatic N) is 4. The summed E-state index contributed by atoms with van der Waals surface area (Å²) in [4.78, 5) is 13.7. The normalized spacial score (nSPS) is 47.3. The number of hydrogen-bond donors (Lipinski definition) is 1. The molecule has 0 unspecified atom stereocenters. The van der Waals surface area contributed by atoms with E-state index in [0.29, 0.717) is 29.4 Å². The lowest BCUT2D eigenvalue weighted by Crippen LogP contribution is -2.52. The van der Waals surface area contributed by atoms with E-state index >= 15 is 0 Å². The third-order valence-corrected chi connectivity index (χ3v) is 10.7. The molecule has 5 fully saturated rings. The molecule has 0 spiro atoms. The Hall–Kier alpha value is -2.18. The van der Waals surface area contributed by atoms with Crippen LogP contribution in [0.15, 0.2) is 6.07 Å². The number of aromatic nitrogens is 2. The Kier molecular flexibility index (Phi) is 4.63. The summed E-state index contributed by atoms with van der Waals surface area (Å²) in [6.45, 7) is 4.51. The number of hydrogen-bond acceptors (Lipinski definition) is 5. The van der Waals surface area contributed by atoms with Gasteiger partial charge in [0.05, 0.1) is 5.60 Å². The third-order valence-electron chi connectivity index (χ3n) is 10.7. The highest BCUT2D eigenvalue weighted by Crippen LogP contribution is 2.74. The van der Waals surface area contributed by atoms with Crippen molar-refractivity contribution in [2.45, 2.75) is 77.4 Å². The largest absolute Gasteiger partial charge is 0.390 e. The van der Waals surface area contributed by atoms with E-state index in [1.165, 1.54) is 36.4 Å². The molecule has 0 bridgehead atoms. The van der Waals surface area contributed by atoms with Crippen molar-refractivity contribution in [3.05, 3.63) is 17.5 Å². The van der Waals surface area contributed by atoms with Gasteiger partial charge in [-0.15, -0.1) is 0 Å². The van der Waals surface area contributed by atoms with Crippen molar-refractivity contribution in [1.29, 1.82) is 10.5 Å². The van der Waals surface area contributed by atoms with Crippen molar-refractivity contribution in [2.75, 3.05) is 0 Å². The Bertz CT molecular complexity index is 1080. The van der Waals surface area contributed by atoms with Gasteiger partial charge in [-0.2, -0.15) is 15.6 Å². The summed E-state index contributed by atoms with van der Waals surface area (Å²) in [5, 5.41) is 33.4. The van der Waals surface area contributed by atoms with Crippen molar-refractivity contribution >= 4 is 5.78 Å². The summed E-state index contributed by atoms with van der Waals surface area (Å²) < 4.78 is 1.44. The number of Topliss-reactive ketones (excluding diaryl/α,β-unsaturated/α-hetero) is 1. The molecule has 1 N–H and O–H groups in total. The van der Waals surface area contributed by atoms with Crippen LogP contribution in [-0.4, -0.2) is 26.3 Å². The lowest BCUT2D eigenvalue weighted by Gasteiger charge is -2.57. The van der Waals surface area contributed by atoms with E-state index < -0.39 is 5.60 Å². The first-order valence-electron chi connectivity index (χ1n) is 12.9. The average Bonchev–Trinajstić information content (AvgIpc) is 3.33. The second-order valence-electron chi connectivity index (χ2n) is 12.4. The third kappa shape index (κ3) is 3.13. The number of aliphatic hydroxyl groups is 1. The average molecular weight is 447 g/mol. The SMILES string of the molecule is C[C@@]1(O)CC[C@H]2[C@H](CC[C@@H]3[C@@H]2CC[C@@]2(C)[C@H]3[C@@H]3C[C@@H]3[C@@H]2C(=O)Cn2nc(C#N)cc2C#N)C1. The highest BCUT2D eigenvalue weighted by molar-refractivity contribution is 5.83. The van der Waals surface area contributed by atoms with Crippen LogP contribution < -0.4 is 0 Å². The number of fused-ring (bicyclic) bond motifs is 7. The van der Waals surface area contributed by atoms with Crippen LogP contribution in [0.1, 0.15) is 76.6 Å². The van der Waals surface area contributed by atoms with E-state index in [2.05, 4.69) is 18.1 Å². The van der Waals surface area contributed by atoms with E-state index in [-0.39, 0.29) is 29.4 Å². The zero-order valence-corrected chi connectivity index (χ0v) is 19.7. The Morgan fingerprint density at radius 3 is 2.64 bits per heavy atom. The van der Waals surface area contributed by atoms with E-state index in [4.69, 9.17) is 5.26 Å². The molecule has 0 radical (unpaired) electrons. The van der Waals surface area contributed by atoms with Crippen molar-refractivity contribution in [3.8, 4) is 12.1 Å². The van der Waals surface area contributed by atoms with Gasteiger partial charge in [0.2, 0.25) is 0 Å². The predicted octanol–water partition coefficient (Wildman–Crippen LogP) is 4.07. The molecule has 1 aromatic rings. The van der Waals surface area contributed by atoms with Crippen LogP contribution >= 0.6 is 0 Å². The molecule has 5 aliphatic carbocycles. The van der Waals surface area contributed by atoms with Gasteiger partial charge in [0.1, 0.15) is 24.4 Å². The monoisotopic (exact) mass is 446 g/mol. The molecule has 5 aliphatic rings. The van der Waals surface area contributed by atoms with Gasteiger partial charge in [0.15, 0.2) is 11.5 Å². The Morgan fingerprint density at radius 2 is 1.88 bits per heavy atom. The van der Waals surface area contributed by atoms with Gasteiger partial charge in [0, 0.05) is 12.0 Å². The van der Waals surface area contributed by atoms with Crippen molar-refractivity contribution in [3.63, 3.8) is 0 Å². The molecule has 0 aromatic carbocycles. The molecule has 1 heterocycles. The molecular weight excluding hydrogens is 412 g/mol. The molecule has 33 heavy (non-hydrogen) atoms. The lowest BCUT2D eigenvalue weighted by atomic mass is 9.48. The Balaban J connectivity index is 1.24. The molecule has 5 saturated carbocycles. The van der Waals surface area contributed by atoms with Gasteiger partial charge in [0.25, 0.3) is 0 Å². The quantitative estimate of drug-likeness (QED) is 0.754. The first-order valence-corrected chi connectivity index (χ1v) is 12.9. The molecule has 174 valence electrons. The minimum atomic E-state index is -0.482. The van der Waals surface area contributed by atoms with Gasteiger partial charge < -0.3 is 5.11 Å². The first-order chi connectivity index (χ1) is 15.8. The highest BCUT2D eigenvalue weighted by Gasteiger charge is 2.70. The fraction of sp³-hybridized carbons (Fsp3) is 0.778. The summed E-state index contributed by atoms with van der Waals surface area (Å²) in [6, 6.07) is 5.54. The second-order valence-corrected chi connectivity index (χ2v) is 12.4. The molecular formula is C27H34N4O2. The molecule has 0 saturated heterocycles. The fourth-order valence-corrected chi connectivity index (χ4v) is 9.58. The first kappa shape index (κ1) is 21.4. The van der Waals surface area contributed by atoms with Gasteiger partial charge in [-0.1, -0.05) is 6.92 Å². The zero-order valence-electron chi connectivity index (χ0n) is 19.7. The summed E-state index contributed by atoms with van der Waals surface area (Å²) in [5.41, 5.74) is 0.0609. The van der Waals surface area contributed by atoms with Crippen molar-refractivity contribution < 1.29 is 9.90 Å². The van der Waals surface area contributed by atoms with Gasteiger partial charge in [-0.05, 0) is 105 Å². The van der Waals surface area contributed by atoms with E-state index in [9.17, 15) is 15.2 Å². The summed E-state index contributed by atoms with van der Waals surface area (Å²) in [6.07, 6.45) is 9.07. The van der Waals surface area contributed by atoms with Crippen molar-refractivity contribution in [1.82, 2.24) is 9.78 Å². The van der Waals surface area contributed by atoms with Crippen LogP contribution in [-0.2, 0) is 11.3 Å². The van der Waals surface area contributed by atoms with Crippen LogP contribution in [0.4, 0.5) is 0 Å². The summed E-state index contributed by atoms with van der Waals surface area (Å²) in [7, 11) is 0. The van der Waals surface area contributed by atoms with Crippen LogP contribution in [0.25, 0.3) is 0 Å². The maximum absolute atomic E-state index is 13.7. The number of rotatable bonds is 3. The highest BCUT2D eigenvalue weighted by atomic mass is 16.3. The molecule has 6 nitrogen and oxygen atoms in total. The van der Waals surface area contributed by atoms with Crippen molar-refractivity contribution in [2.24, 2.45) is 52.8 Å². The lowest BCUT2D eigenvalue weighted by molar-refractivity contribution is -0.136. The van der Waals surface area contributed by atoms with Crippen LogP contribution in [0, 0.1) is 75.4 Å². The van der Waals surface area contributed by atoms with Crippen LogP contribution in [0.5, 0.6) is 0 Å². The molecule has 0 amide bonds. The molecule has 0 aliphatic heterocycles. The summed E-state index contributed by atoms with van der Waals surface area (Å²) >= 11 is 0. The zero-order chi connectivity index (χ0) is 23.1. The molecule has 10 atom stereocenters. The standard InChI is InChI=1S/C27H34N4O2/c1-26(33)7-5-18-15(11-26)3-4-20-19(18)6-8-27(2)24(20)21-10-22(21)25(27)23(32)14-31-17(13-29)9-16(12-28)30-31/h9,15,18-22,24-25,33H,3-8,10-11,14H2,1-2H3/t15-,18+,19-,20-,21-,22+,24-,25-,26-,27+/m1/s1. The van der Waals surface area contributed by atoms with E-state index in [0.717, 1.165) is 43.4 Å². The van der Waals surface area contributed by atoms with E-state index in [1.54, 1.807) is 0 Å². The minimum absolute atomic E-state index is 0.0524. The van der Waals surface area contributed by atoms with Gasteiger partial charge >= 0.3 is 0 Å². The van der Waals surface area contributed by atoms with Gasteiger partial charge in [-0.25, -0.2) is 4.68 Å². The maximum Gasteiger partial charge on any atom is 0.163 e. The number of carbonyl (C=O) groups is 1. The number of ketones is 1. The van der Waals surface area contributed by atoms with E-state index in [1.807, 2.05) is 13.0 Å². The Morgan fingerprint density at radius 1 is 1.09 bits per heavy atom. The topological polar surface area (TPSA) is 103 Å². The van der Waals surface area contributed by atoms with Gasteiger partial charge in [-0.3, -0.25) is 4.79 Å².